The highest BCUT2D eigenvalue weighted by atomic mass is 19.1. The summed E-state index contributed by atoms with van der Waals surface area (Å²) in [5.41, 5.74) is 1.31. The number of carbonyl (C=O) groups is 3. The number of carbonyl (C=O) groups excluding carboxylic acids is 3. The van der Waals surface area contributed by atoms with Gasteiger partial charge < -0.3 is 10.1 Å². The first-order chi connectivity index (χ1) is 12.4. The number of hydrogen-bond acceptors (Lipinski definition) is 4. The molecule has 2 aromatic carbocycles. The Morgan fingerprint density at radius 3 is 2.35 bits per heavy atom. The summed E-state index contributed by atoms with van der Waals surface area (Å²) in [6, 6.07) is 13.7. The van der Waals surface area contributed by atoms with Crippen LogP contribution in [0, 0.1) is 5.82 Å². The van der Waals surface area contributed by atoms with Crippen LogP contribution in [0.5, 0.6) is 0 Å². The smallest absolute Gasteiger partial charge is 0.325 e. The second-order valence-electron chi connectivity index (χ2n) is 5.57. The molecule has 2 rings (SSSR count). The Balaban J connectivity index is 1.74. The lowest BCUT2D eigenvalue weighted by atomic mass is 10.1. The number of hydrogen-bond donors (Lipinski definition) is 2. The number of benzene rings is 2. The summed E-state index contributed by atoms with van der Waals surface area (Å²) < 4.78 is 17.8. The second-order valence-corrected chi connectivity index (χ2v) is 5.57. The van der Waals surface area contributed by atoms with Crippen molar-refractivity contribution in [1.29, 1.82) is 0 Å². The van der Waals surface area contributed by atoms with E-state index in [4.69, 9.17) is 4.74 Å². The predicted molar refractivity (Wildman–Crippen MR) is 93.9 cm³/mol. The Hall–Kier alpha value is -3.22. The number of rotatable bonds is 6. The molecular weight excluding hydrogens is 339 g/mol. The minimum absolute atomic E-state index is 0.0411. The van der Waals surface area contributed by atoms with E-state index in [2.05, 4.69) is 10.6 Å². The van der Waals surface area contributed by atoms with E-state index in [-0.39, 0.29) is 12.2 Å². The predicted octanol–water partition coefficient (Wildman–Crippen LogP) is 3.04. The molecule has 1 atom stereocenters. The Morgan fingerprint density at radius 1 is 1.04 bits per heavy atom. The van der Waals surface area contributed by atoms with Crippen molar-refractivity contribution in [2.24, 2.45) is 0 Å². The van der Waals surface area contributed by atoms with Crippen molar-refractivity contribution in [3.63, 3.8) is 0 Å². The van der Waals surface area contributed by atoms with Gasteiger partial charge in [-0.2, -0.15) is 0 Å². The molecule has 0 heterocycles. The van der Waals surface area contributed by atoms with Crippen LogP contribution < -0.4 is 10.6 Å². The normalized spacial score (nSPS) is 11.3. The van der Waals surface area contributed by atoms with Crippen LogP contribution in [0.15, 0.2) is 54.6 Å². The Labute approximate surface area is 150 Å². The molecule has 26 heavy (non-hydrogen) atoms. The van der Waals surface area contributed by atoms with Crippen molar-refractivity contribution >= 4 is 23.6 Å². The van der Waals surface area contributed by atoms with Crippen LogP contribution in [0.2, 0.25) is 0 Å². The molecule has 0 aromatic heterocycles. The van der Waals surface area contributed by atoms with Gasteiger partial charge in [-0.25, -0.2) is 9.18 Å². The quantitative estimate of drug-likeness (QED) is 0.778. The van der Waals surface area contributed by atoms with Crippen LogP contribution in [-0.4, -0.2) is 24.0 Å². The molecule has 2 aromatic rings. The van der Waals surface area contributed by atoms with Crippen molar-refractivity contribution in [1.82, 2.24) is 5.32 Å². The first-order valence-corrected chi connectivity index (χ1v) is 8.05. The van der Waals surface area contributed by atoms with Gasteiger partial charge in [-0.15, -0.1) is 0 Å². The van der Waals surface area contributed by atoms with E-state index < -0.39 is 24.0 Å². The third-order valence-corrected chi connectivity index (χ3v) is 3.48. The van der Waals surface area contributed by atoms with Gasteiger partial charge in [-0.1, -0.05) is 30.3 Å². The maximum Gasteiger partial charge on any atom is 0.325 e. The maximum atomic E-state index is 12.8. The van der Waals surface area contributed by atoms with Crippen molar-refractivity contribution in [3.05, 3.63) is 66.0 Å². The van der Waals surface area contributed by atoms with E-state index in [1.807, 2.05) is 0 Å². The van der Waals surface area contributed by atoms with Gasteiger partial charge in [-0.3, -0.25) is 14.9 Å². The lowest BCUT2D eigenvalue weighted by Gasteiger charge is -2.13. The molecule has 7 heteroatoms. The Kier molecular flexibility index (Phi) is 6.84. The molecule has 6 nitrogen and oxygen atoms in total. The molecule has 0 aliphatic heterocycles. The van der Waals surface area contributed by atoms with Crippen LogP contribution >= 0.6 is 0 Å². The van der Waals surface area contributed by atoms with Gasteiger partial charge in [0.05, 0.1) is 0 Å². The van der Waals surface area contributed by atoms with Gasteiger partial charge in [-0.05, 0) is 43.2 Å². The highest BCUT2D eigenvalue weighted by molar-refractivity contribution is 6.02. The highest BCUT2D eigenvalue weighted by Crippen LogP contribution is 2.07. The van der Waals surface area contributed by atoms with Gasteiger partial charge in [0.2, 0.25) is 0 Å². The third kappa shape index (κ3) is 6.35. The van der Waals surface area contributed by atoms with Crippen molar-refractivity contribution in [3.8, 4) is 0 Å². The summed E-state index contributed by atoms with van der Waals surface area (Å²) in [5, 5.41) is 4.60. The molecule has 0 saturated carbocycles. The molecule has 0 spiro atoms. The van der Waals surface area contributed by atoms with E-state index in [0.717, 1.165) is 5.56 Å². The van der Waals surface area contributed by atoms with E-state index in [1.54, 1.807) is 42.5 Å². The van der Waals surface area contributed by atoms with E-state index in [9.17, 15) is 18.8 Å². The zero-order valence-corrected chi connectivity index (χ0v) is 14.2. The first kappa shape index (κ1) is 19.1. The minimum Gasteiger partial charge on any atom is -0.453 e. The van der Waals surface area contributed by atoms with Crippen molar-refractivity contribution in [2.45, 2.75) is 25.9 Å². The Bertz CT molecular complexity index is 763. The van der Waals surface area contributed by atoms with Gasteiger partial charge in [0.1, 0.15) is 5.82 Å². The standard InChI is InChI=1S/C19H19FN2O4/c1-13(18(24)22-19(25)21-16-5-3-2-4-6-16)26-17(23)12-9-14-7-10-15(20)11-8-14/h2-8,10-11,13H,9,12H2,1H3,(H2,21,22,24,25). The number of amides is 3. The number of halogens is 1. The number of urea groups is 1. The molecule has 0 saturated heterocycles. The average Bonchev–Trinajstić information content (AvgIpc) is 2.62. The van der Waals surface area contributed by atoms with Crippen LogP contribution in [0.4, 0.5) is 14.9 Å². The largest absolute Gasteiger partial charge is 0.453 e. The molecule has 0 aliphatic carbocycles. The average molecular weight is 358 g/mol. The SMILES string of the molecule is CC(OC(=O)CCc1ccc(F)cc1)C(=O)NC(=O)Nc1ccccc1. The van der Waals surface area contributed by atoms with E-state index >= 15 is 0 Å². The summed E-state index contributed by atoms with van der Waals surface area (Å²) in [4.78, 5) is 35.4. The monoisotopic (exact) mass is 358 g/mol. The number of imide groups is 1. The number of anilines is 1. The van der Waals surface area contributed by atoms with Crippen LogP contribution in [0.25, 0.3) is 0 Å². The number of aryl methyl sites for hydroxylation is 1. The zero-order chi connectivity index (χ0) is 18.9. The summed E-state index contributed by atoms with van der Waals surface area (Å²) in [7, 11) is 0. The molecule has 0 bridgehead atoms. The van der Waals surface area contributed by atoms with E-state index in [0.29, 0.717) is 12.1 Å². The fourth-order valence-corrected chi connectivity index (χ4v) is 2.10. The van der Waals surface area contributed by atoms with Gasteiger partial charge >= 0.3 is 12.0 Å². The summed E-state index contributed by atoms with van der Waals surface area (Å²) in [5.74, 6) is -1.66. The summed E-state index contributed by atoms with van der Waals surface area (Å²) >= 11 is 0. The number of para-hydroxylation sites is 1. The highest BCUT2D eigenvalue weighted by Gasteiger charge is 2.19. The van der Waals surface area contributed by atoms with Crippen LogP contribution in [0.1, 0.15) is 18.9 Å². The minimum atomic E-state index is -1.11. The maximum absolute atomic E-state index is 12.8. The van der Waals surface area contributed by atoms with E-state index in [1.165, 1.54) is 19.1 Å². The van der Waals surface area contributed by atoms with Crippen molar-refractivity contribution in [2.75, 3.05) is 5.32 Å². The summed E-state index contributed by atoms with van der Waals surface area (Å²) in [6.07, 6.45) is -0.709. The zero-order valence-electron chi connectivity index (χ0n) is 14.2. The van der Waals surface area contributed by atoms with Crippen LogP contribution in [-0.2, 0) is 20.7 Å². The molecular formula is C19H19FN2O4. The summed E-state index contributed by atoms with van der Waals surface area (Å²) in [6.45, 7) is 1.38. The topological polar surface area (TPSA) is 84.5 Å². The van der Waals surface area contributed by atoms with Gasteiger partial charge in [0, 0.05) is 12.1 Å². The Morgan fingerprint density at radius 2 is 1.69 bits per heavy atom. The fourth-order valence-electron chi connectivity index (χ4n) is 2.10. The first-order valence-electron chi connectivity index (χ1n) is 8.05. The second kappa shape index (κ2) is 9.31. The third-order valence-electron chi connectivity index (χ3n) is 3.48. The lowest BCUT2D eigenvalue weighted by Crippen LogP contribution is -2.41. The van der Waals surface area contributed by atoms with Crippen LogP contribution in [0.3, 0.4) is 0 Å². The fraction of sp³-hybridized carbons (Fsp3) is 0.211. The lowest BCUT2D eigenvalue weighted by molar-refractivity contribution is -0.154. The number of ether oxygens (including phenoxy) is 1. The molecule has 0 aliphatic rings. The van der Waals surface area contributed by atoms with Crippen molar-refractivity contribution < 1.29 is 23.5 Å². The molecule has 0 radical (unpaired) electrons. The molecule has 1 unspecified atom stereocenters. The number of nitrogens with one attached hydrogen (secondary N) is 2. The van der Waals surface area contributed by atoms with Gasteiger partial charge in [0.15, 0.2) is 6.10 Å². The molecule has 0 fully saturated rings. The van der Waals surface area contributed by atoms with Gasteiger partial charge in [0.25, 0.3) is 5.91 Å². The number of esters is 1. The molecule has 2 N–H and O–H groups in total. The molecule has 3 amide bonds. The molecule has 136 valence electrons.